The average Bonchev–Trinajstić information content (AvgIpc) is 2.45. The standard InChI is InChI=1S/C15H19NO3/c1-11-6-5-7-12(10-11)14(17)16-9-4-3-8-13(16)15(18)19-2/h5-7,10,13H,3-4,8-9H2,1-2H3/t13-/m1/s1. The number of benzene rings is 1. The molecule has 1 atom stereocenters. The first kappa shape index (κ1) is 13.6. The Hall–Kier alpha value is -1.84. The highest BCUT2D eigenvalue weighted by Gasteiger charge is 2.33. The normalized spacial score (nSPS) is 19.1. The van der Waals surface area contributed by atoms with Crippen LogP contribution in [0.25, 0.3) is 0 Å². The van der Waals surface area contributed by atoms with Gasteiger partial charge in [0.05, 0.1) is 7.11 Å². The van der Waals surface area contributed by atoms with Gasteiger partial charge in [-0.15, -0.1) is 0 Å². The summed E-state index contributed by atoms with van der Waals surface area (Å²) in [5.41, 5.74) is 1.67. The number of methoxy groups -OCH3 is 1. The lowest BCUT2D eigenvalue weighted by Gasteiger charge is -2.33. The molecule has 1 heterocycles. The number of likely N-dealkylation sites (tertiary alicyclic amines) is 1. The zero-order chi connectivity index (χ0) is 13.8. The molecule has 0 radical (unpaired) electrons. The molecule has 19 heavy (non-hydrogen) atoms. The first-order valence-electron chi connectivity index (χ1n) is 6.59. The van der Waals surface area contributed by atoms with E-state index < -0.39 is 6.04 Å². The summed E-state index contributed by atoms with van der Waals surface area (Å²) in [5, 5.41) is 0. The van der Waals surface area contributed by atoms with Crippen LogP contribution in [-0.2, 0) is 9.53 Å². The third kappa shape index (κ3) is 2.95. The number of carbonyl (C=O) groups is 2. The minimum atomic E-state index is -0.438. The third-order valence-electron chi connectivity index (χ3n) is 3.50. The van der Waals surface area contributed by atoms with Crippen molar-refractivity contribution in [1.29, 1.82) is 0 Å². The van der Waals surface area contributed by atoms with E-state index in [1.165, 1.54) is 7.11 Å². The lowest BCUT2D eigenvalue weighted by atomic mass is 10.0. The molecule has 0 unspecified atom stereocenters. The second-order valence-electron chi connectivity index (χ2n) is 4.90. The quantitative estimate of drug-likeness (QED) is 0.766. The number of hydrogen-bond acceptors (Lipinski definition) is 3. The molecule has 1 fully saturated rings. The lowest BCUT2D eigenvalue weighted by Crippen LogP contribution is -2.48. The van der Waals surface area contributed by atoms with Crippen molar-refractivity contribution in [1.82, 2.24) is 4.90 Å². The van der Waals surface area contributed by atoms with Gasteiger partial charge in [-0.2, -0.15) is 0 Å². The Balaban J connectivity index is 2.22. The van der Waals surface area contributed by atoms with E-state index in [9.17, 15) is 9.59 Å². The van der Waals surface area contributed by atoms with Gasteiger partial charge in [-0.3, -0.25) is 4.79 Å². The van der Waals surface area contributed by atoms with Crippen LogP contribution in [0.15, 0.2) is 24.3 Å². The van der Waals surface area contributed by atoms with Crippen LogP contribution in [-0.4, -0.2) is 36.5 Å². The molecule has 0 bridgehead atoms. The van der Waals surface area contributed by atoms with E-state index in [-0.39, 0.29) is 11.9 Å². The zero-order valence-electron chi connectivity index (χ0n) is 11.4. The van der Waals surface area contributed by atoms with Crippen LogP contribution in [0.4, 0.5) is 0 Å². The molecule has 0 aromatic heterocycles. The van der Waals surface area contributed by atoms with E-state index in [2.05, 4.69) is 0 Å². The molecule has 102 valence electrons. The topological polar surface area (TPSA) is 46.6 Å². The molecule has 1 aromatic carbocycles. The van der Waals surface area contributed by atoms with Crippen molar-refractivity contribution >= 4 is 11.9 Å². The van der Waals surface area contributed by atoms with Crippen LogP contribution in [0.5, 0.6) is 0 Å². The highest BCUT2D eigenvalue weighted by atomic mass is 16.5. The maximum atomic E-state index is 12.5. The number of esters is 1. The first-order chi connectivity index (χ1) is 9.13. The minimum absolute atomic E-state index is 0.0844. The van der Waals surface area contributed by atoms with Gasteiger partial charge in [0.1, 0.15) is 6.04 Å². The van der Waals surface area contributed by atoms with Gasteiger partial charge >= 0.3 is 5.97 Å². The van der Waals surface area contributed by atoms with Crippen molar-refractivity contribution in [2.45, 2.75) is 32.2 Å². The van der Waals surface area contributed by atoms with E-state index >= 15 is 0 Å². The Morgan fingerprint density at radius 3 is 2.79 bits per heavy atom. The molecule has 4 heteroatoms. The van der Waals surface area contributed by atoms with Gasteiger partial charge in [-0.05, 0) is 38.3 Å². The summed E-state index contributed by atoms with van der Waals surface area (Å²) in [6, 6.07) is 7.01. The van der Waals surface area contributed by atoms with Gasteiger partial charge < -0.3 is 9.64 Å². The van der Waals surface area contributed by atoms with Crippen molar-refractivity contribution in [2.24, 2.45) is 0 Å². The minimum Gasteiger partial charge on any atom is -0.467 e. The number of piperidine rings is 1. The van der Waals surface area contributed by atoms with Gasteiger partial charge in [0.25, 0.3) is 5.91 Å². The van der Waals surface area contributed by atoms with Crippen molar-refractivity contribution < 1.29 is 14.3 Å². The van der Waals surface area contributed by atoms with Crippen molar-refractivity contribution in [3.63, 3.8) is 0 Å². The fraction of sp³-hybridized carbons (Fsp3) is 0.467. The predicted octanol–water partition coefficient (Wildman–Crippen LogP) is 2.16. The van der Waals surface area contributed by atoms with Crippen LogP contribution >= 0.6 is 0 Å². The lowest BCUT2D eigenvalue weighted by molar-refractivity contribution is -0.147. The Labute approximate surface area is 113 Å². The Morgan fingerprint density at radius 1 is 1.32 bits per heavy atom. The molecule has 0 saturated carbocycles. The number of hydrogen-bond donors (Lipinski definition) is 0. The van der Waals surface area contributed by atoms with Gasteiger partial charge in [0.2, 0.25) is 0 Å². The summed E-state index contributed by atoms with van der Waals surface area (Å²) in [6.45, 7) is 2.57. The molecule has 1 aliphatic heterocycles. The Bertz CT molecular complexity index is 484. The van der Waals surface area contributed by atoms with Gasteiger partial charge in [-0.1, -0.05) is 17.7 Å². The molecular weight excluding hydrogens is 242 g/mol. The van der Waals surface area contributed by atoms with Crippen molar-refractivity contribution in [3.05, 3.63) is 35.4 Å². The first-order valence-corrected chi connectivity index (χ1v) is 6.59. The molecule has 1 aliphatic rings. The number of rotatable bonds is 2. The molecule has 1 amide bonds. The molecular formula is C15H19NO3. The highest BCUT2D eigenvalue weighted by Crippen LogP contribution is 2.21. The van der Waals surface area contributed by atoms with E-state index in [1.54, 1.807) is 11.0 Å². The second kappa shape index (κ2) is 5.87. The fourth-order valence-electron chi connectivity index (χ4n) is 2.50. The predicted molar refractivity (Wildman–Crippen MR) is 71.9 cm³/mol. The van der Waals surface area contributed by atoms with Crippen LogP contribution in [0, 0.1) is 6.92 Å². The Morgan fingerprint density at radius 2 is 2.11 bits per heavy atom. The van der Waals surface area contributed by atoms with Gasteiger partial charge in [-0.25, -0.2) is 4.79 Å². The highest BCUT2D eigenvalue weighted by molar-refractivity contribution is 5.97. The molecule has 1 aromatic rings. The molecule has 0 spiro atoms. The average molecular weight is 261 g/mol. The smallest absolute Gasteiger partial charge is 0.328 e. The largest absolute Gasteiger partial charge is 0.467 e. The maximum absolute atomic E-state index is 12.5. The fourth-order valence-corrected chi connectivity index (χ4v) is 2.50. The monoisotopic (exact) mass is 261 g/mol. The number of carbonyl (C=O) groups excluding carboxylic acids is 2. The number of aryl methyl sites for hydroxylation is 1. The van der Waals surface area contributed by atoms with Crippen LogP contribution in [0.1, 0.15) is 35.2 Å². The molecule has 4 nitrogen and oxygen atoms in total. The van der Waals surface area contributed by atoms with Crippen molar-refractivity contribution in [2.75, 3.05) is 13.7 Å². The molecule has 0 aliphatic carbocycles. The maximum Gasteiger partial charge on any atom is 0.328 e. The van der Waals surface area contributed by atoms with Crippen LogP contribution in [0.2, 0.25) is 0 Å². The van der Waals surface area contributed by atoms with Gasteiger partial charge in [0.15, 0.2) is 0 Å². The molecule has 2 rings (SSSR count). The number of nitrogens with zero attached hydrogens (tertiary/aromatic N) is 1. The van der Waals surface area contributed by atoms with Crippen LogP contribution in [0.3, 0.4) is 0 Å². The summed E-state index contributed by atoms with van der Waals surface area (Å²) >= 11 is 0. The zero-order valence-corrected chi connectivity index (χ0v) is 11.4. The summed E-state index contributed by atoms with van der Waals surface area (Å²) in [4.78, 5) is 25.9. The van der Waals surface area contributed by atoms with E-state index in [1.807, 2.05) is 25.1 Å². The summed E-state index contributed by atoms with van der Waals surface area (Å²) < 4.78 is 4.80. The molecule has 1 saturated heterocycles. The SMILES string of the molecule is COC(=O)[C@H]1CCCCN1C(=O)c1cccc(C)c1. The van der Waals surface area contributed by atoms with E-state index in [0.29, 0.717) is 18.5 Å². The number of ether oxygens (including phenoxy) is 1. The van der Waals surface area contributed by atoms with Crippen molar-refractivity contribution in [3.8, 4) is 0 Å². The number of amides is 1. The second-order valence-corrected chi connectivity index (χ2v) is 4.90. The van der Waals surface area contributed by atoms with E-state index in [4.69, 9.17) is 4.74 Å². The summed E-state index contributed by atoms with van der Waals surface area (Å²) in [6.07, 6.45) is 2.58. The van der Waals surface area contributed by atoms with Gasteiger partial charge in [0, 0.05) is 12.1 Å². The summed E-state index contributed by atoms with van der Waals surface area (Å²) in [7, 11) is 1.37. The third-order valence-corrected chi connectivity index (χ3v) is 3.50. The summed E-state index contributed by atoms with van der Waals surface area (Å²) in [5.74, 6) is -0.403. The Kier molecular flexibility index (Phi) is 4.20. The van der Waals surface area contributed by atoms with E-state index in [0.717, 1.165) is 18.4 Å². The molecule has 0 N–H and O–H groups in total. The van der Waals surface area contributed by atoms with Crippen LogP contribution < -0.4 is 0 Å².